The predicted molar refractivity (Wildman–Crippen MR) is 105 cm³/mol. The molecular formula is C20H20N2O4S. The first-order valence-corrected chi connectivity index (χ1v) is 9.28. The number of benzene rings is 2. The van der Waals surface area contributed by atoms with Crippen molar-refractivity contribution in [2.24, 2.45) is 0 Å². The maximum Gasteiger partial charge on any atom is 0.332 e. The first kappa shape index (κ1) is 19.0. The van der Waals surface area contributed by atoms with E-state index >= 15 is 0 Å². The van der Waals surface area contributed by atoms with Crippen LogP contribution in [0.1, 0.15) is 16.1 Å². The van der Waals surface area contributed by atoms with Crippen molar-refractivity contribution in [3.05, 3.63) is 58.6 Å². The van der Waals surface area contributed by atoms with E-state index in [1.807, 2.05) is 56.3 Å². The summed E-state index contributed by atoms with van der Waals surface area (Å²) >= 11 is 1.52. The summed E-state index contributed by atoms with van der Waals surface area (Å²) in [6.07, 6.45) is 0. The predicted octanol–water partition coefficient (Wildman–Crippen LogP) is 3.61. The number of hydrogen-bond donors (Lipinski definition) is 1. The van der Waals surface area contributed by atoms with Gasteiger partial charge in [-0.2, -0.15) is 0 Å². The Morgan fingerprint density at radius 2 is 1.78 bits per heavy atom. The number of ether oxygens (including phenoxy) is 2. The second kappa shape index (κ2) is 8.75. The molecule has 1 aromatic heterocycles. The summed E-state index contributed by atoms with van der Waals surface area (Å²) in [6, 6.07) is 13.5. The summed E-state index contributed by atoms with van der Waals surface area (Å²) in [5, 5.41) is 3.55. The quantitative estimate of drug-likeness (QED) is 0.630. The van der Waals surface area contributed by atoms with E-state index in [9.17, 15) is 9.59 Å². The second-order valence-corrected chi connectivity index (χ2v) is 7.16. The third kappa shape index (κ3) is 5.12. The number of anilines is 1. The highest BCUT2D eigenvalue weighted by Gasteiger charge is 2.11. The molecule has 0 unspecified atom stereocenters. The second-order valence-electron chi connectivity index (χ2n) is 6.04. The number of carbonyl (C=O) groups is 2. The summed E-state index contributed by atoms with van der Waals surface area (Å²) in [6.45, 7) is 3.46. The summed E-state index contributed by atoms with van der Waals surface area (Å²) in [7, 11) is 0. The van der Waals surface area contributed by atoms with Crippen LogP contribution in [0.3, 0.4) is 0 Å². The van der Waals surface area contributed by atoms with E-state index in [0.29, 0.717) is 0 Å². The van der Waals surface area contributed by atoms with Gasteiger partial charge in [-0.3, -0.25) is 4.79 Å². The van der Waals surface area contributed by atoms with Gasteiger partial charge in [0, 0.05) is 5.69 Å². The lowest BCUT2D eigenvalue weighted by Gasteiger charge is -2.11. The Hall–Kier alpha value is -2.77. The van der Waals surface area contributed by atoms with Gasteiger partial charge in [0.2, 0.25) is 0 Å². The van der Waals surface area contributed by atoms with Gasteiger partial charge in [-0.05, 0) is 37.1 Å². The zero-order chi connectivity index (χ0) is 19.2. The summed E-state index contributed by atoms with van der Waals surface area (Å²) in [5.41, 5.74) is 3.56. The van der Waals surface area contributed by atoms with Gasteiger partial charge in [0.1, 0.15) is 11.6 Å². The van der Waals surface area contributed by atoms with Gasteiger partial charge in [-0.15, -0.1) is 11.3 Å². The van der Waals surface area contributed by atoms with Crippen LogP contribution in [0, 0.1) is 13.8 Å². The molecule has 0 aliphatic heterocycles. The van der Waals surface area contributed by atoms with Crippen LogP contribution in [0.15, 0.2) is 42.5 Å². The van der Waals surface area contributed by atoms with Crippen molar-refractivity contribution in [2.45, 2.75) is 20.5 Å². The maximum atomic E-state index is 12.0. The Bertz CT molecular complexity index is 914. The Balaban J connectivity index is 1.41. The first-order valence-electron chi connectivity index (χ1n) is 8.47. The lowest BCUT2D eigenvalue weighted by atomic mass is 10.1. The first-order chi connectivity index (χ1) is 13.0. The zero-order valence-electron chi connectivity index (χ0n) is 15.2. The van der Waals surface area contributed by atoms with Gasteiger partial charge >= 0.3 is 5.97 Å². The molecule has 0 bridgehead atoms. The van der Waals surface area contributed by atoms with Gasteiger partial charge < -0.3 is 14.8 Å². The third-order valence-corrected chi connectivity index (χ3v) is 4.90. The lowest BCUT2D eigenvalue weighted by molar-refractivity contribution is -0.152. The van der Waals surface area contributed by atoms with Crippen molar-refractivity contribution in [1.29, 1.82) is 0 Å². The molecule has 1 heterocycles. The van der Waals surface area contributed by atoms with E-state index in [-0.39, 0.29) is 25.7 Å². The van der Waals surface area contributed by atoms with Gasteiger partial charge in [-0.25, -0.2) is 9.78 Å². The monoisotopic (exact) mass is 384 g/mol. The Kier molecular flexibility index (Phi) is 6.16. The molecule has 0 atom stereocenters. The van der Waals surface area contributed by atoms with Gasteiger partial charge in [0.05, 0.1) is 16.8 Å². The number of nitrogens with one attached hydrogen (secondary N) is 1. The van der Waals surface area contributed by atoms with E-state index in [2.05, 4.69) is 10.3 Å². The van der Waals surface area contributed by atoms with Crippen molar-refractivity contribution in [3.63, 3.8) is 0 Å². The van der Waals surface area contributed by atoms with E-state index in [1.54, 1.807) is 0 Å². The number of esters is 1. The number of aryl methyl sites for hydroxylation is 2. The Labute approximate surface area is 161 Å². The van der Waals surface area contributed by atoms with E-state index in [0.717, 1.165) is 32.0 Å². The number of nitrogens with zero attached hydrogens (tertiary/aromatic N) is 1. The number of rotatable bonds is 7. The summed E-state index contributed by atoms with van der Waals surface area (Å²) in [5.74, 6) is -0.973. The highest BCUT2D eigenvalue weighted by Crippen LogP contribution is 2.22. The molecule has 140 valence electrons. The van der Waals surface area contributed by atoms with Crippen LogP contribution in [0.4, 0.5) is 5.69 Å². The minimum Gasteiger partial charge on any atom is -0.454 e. The van der Waals surface area contributed by atoms with Crippen LogP contribution in [0.5, 0.6) is 0 Å². The van der Waals surface area contributed by atoms with Crippen molar-refractivity contribution in [3.8, 4) is 0 Å². The van der Waals surface area contributed by atoms with Crippen LogP contribution >= 0.6 is 11.3 Å². The third-order valence-electron chi connectivity index (χ3n) is 3.89. The Morgan fingerprint density at radius 1 is 1.04 bits per heavy atom. The van der Waals surface area contributed by atoms with Crippen LogP contribution in [-0.2, 0) is 25.7 Å². The summed E-state index contributed by atoms with van der Waals surface area (Å²) < 4.78 is 11.4. The highest BCUT2D eigenvalue weighted by atomic mass is 32.1. The molecule has 1 amide bonds. The fourth-order valence-electron chi connectivity index (χ4n) is 2.58. The van der Waals surface area contributed by atoms with Crippen molar-refractivity contribution in [1.82, 2.24) is 4.98 Å². The fourth-order valence-corrected chi connectivity index (χ4v) is 3.48. The number of thiazole rings is 1. The van der Waals surface area contributed by atoms with Gasteiger partial charge in [-0.1, -0.05) is 30.3 Å². The standard InChI is InChI=1S/C20H20N2O4S/c1-13-6-5-7-14(2)20(13)22-17(23)10-26-19(24)12-25-11-18-21-15-8-3-4-9-16(15)27-18/h3-9H,10-12H2,1-2H3,(H,22,23). The number of amides is 1. The molecule has 0 radical (unpaired) electrons. The molecule has 0 fully saturated rings. The number of aromatic nitrogens is 1. The molecule has 0 aliphatic rings. The molecule has 3 rings (SSSR count). The normalized spacial score (nSPS) is 10.7. The number of carbonyl (C=O) groups excluding carboxylic acids is 2. The minimum atomic E-state index is -0.590. The number of fused-ring (bicyclic) bond motifs is 1. The number of para-hydroxylation sites is 2. The van der Waals surface area contributed by atoms with Crippen LogP contribution in [-0.4, -0.2) is 30.1 Å². The van der Waals surface area contributed by atoms with Gasteiger partial charge in [0.25, 0.3) is 5.91 Å². The zero-order valence-corrected chi connectivity index (χ0v) is 16.0. The van der Waals surface area contributed by atoms with Gasteiger partial charge in [0.15, 0.2) is 6.61 Å². The van der Waals surface area contributed by atoms with E-state index < -0.39 is 5.97 Å². The molecular weight excluding hydrogens is 364 g/mol. The topological polar surface area (TPSA) is 77.5 Å². The molecule has 1 N–H and O–H groups in total. The smallest absolute Gasteiger partial charge is 0.332 e. The SMILES string of the molecule is Cc1cccc(C)c1NC(=O)COC(=O)COCc1nc2ccccc2s1. The van der Waals surface area contributed by atoms with Crippen molar-refractivity contribution < 1.29 is 19.1 Å². The lowest BCUT2D eigenvalue weighted by Crippen LogP contribution is -2.23. The van der Waals surface area contributed by atoms with Crippen LogP contribution in [0.2, 0.25) is 0 Å². The molecule has 0 aliphatic carbocycles. The summed E-state index contributed by atoms with van der Waals surface area (Å²) in [4.78, 5) is 28.2. The average Bonchev–Trinajstić information content (AvgIpc) is 3.06. The largest absolute Gasteiger partial charge is 0.454 e. The molecule has 2 aromatic carbocycles. The molecule has 6 nitrogen and oxygen atoms in total. The van der Waals surface area contributed by atoms with Crippen molar-refractivity contribution in [2.75, 3.05) is 18.5 Å². The molecule has 27 heavy (non-hydrogen) atoms. The molecule has 0 spiro atoms. The maximum absolute atomic E-state index is 12.0. The molecule has 0 saturated carbocycles. The average molecular weight is 384 g/mol. The Morgan fingerprint density at radius 3 is 2.52 bits per heavy atom. The minimum absolute atomic E-state index is 0.225. The van der Waals surface area contributed by atoms with E-state index in [1.165, 1.54) is 11.3 Å². The molecule has 3 aromatic rings. The fraction of sp³-hybridized carbons (Fsp3) is 0.250. The molecule has 7 heteroatoms. The van der Waals surface area contributed by atoms with Crippen LogP contribution in [0.25, 0.3) is 10.2 Å². The molecule has 0 saturated heterocycles. The van der Waals surface area contributed by atoms with E-state index in [4.69, 9.17) is 9.47 Å². The van der Waals surface area contributed by atoms with Crippen molar-refractivity contribution >= 4 is 39.1 Å². The highest BCUT2D eigenvalue weighted by molar-refractivity contribution is 7.18. The van der Waals surface area contributed by atoms with Crippen LogP contribution < -0.4 is 5.32 Å². The number of hydrogen-bond acceptors (Lipinski definition) is 6.